The molecule has 0 aromatic carbocycles. The van der Waals surface area contributed by atoms with Gasteiger partial charge in [-0.15, -0.1) is 11.3 Å². The molecule has 4 rings (SSSR count). The van der Waals surface area contributed by atoms with Gasteiger partial charge >= 0.3 is 0 Å². The first kappa shape index (κ1) is 18.0. The number of carbonyl (C=O) groups excluding carboxylic acids is 1. The van der Waals surface area contributed by atoms with Crippen LogP contribution in [0.4, 0.5) is 0 Å². The normalized spacial score (nSPS) is 16.7. The molecule has 1 amide bonds. The maximum atomic E-state index is 12.9. The Morgan fingerprint density at radius 2 is 2.19 bits per heavy atom. The minimum Gasteiger partial charge on any atom is -0.348 e. The van der Waals surface area contributed by atoms with E-state index in [0.29, 0.717) is 24.1 Å². The molecule has 0 bridgehead atoms. The molecule has 0 aliphatic carbocycles. The van der Waals surface area contributed by atoms with E-state index in [4.69, 9.17) is 0 Å². The van der Waals surface area contributed by atoms with Crippen molar-refractivity contribution in [1.82, 2.24) is 19.4 Å². The summed E-state index contributed by atoms with van der Waals surface area (Å²) >= 11 is 1.54. The van der Waals surface area contributed by atoms with E-state index in [-0.39, 0.29) is 17.5 Å². The molecule has 142 valence electrons. The number of nitrogens with zero attached hydrogens (tertiary/aromatic N) is 3. The van der Waals surface area contributed by atoms with E-state index in [0.717, 1.165) is 34.8 Å². The Balaban J connectivity index is 1.51. The van der Waals surface area contributed by atoms with Crippen LogP contribution < -0.4 is 5.56 Å². The summed E-state index contributed by atoms with van der Waals surface area (Å²) in [6.07, 6.45) is 3.78. The molecular formula is C20H24N4O2S. The number of thiophene rings is 1. The molecule has 3 aromatic rings. The lowest BCUT2D eigenvalue weighted by Crippen LogP contribution is -2.41. The van der Waals surface area contributed by atoms with E-state index < -0.39 is 0 Å². The van der Waals surface area contributed by atoms with Gasteiger partial charge in [-0.1, -0.05) is 6.92 Å². The standard InChI is InChI=1S/C20H24N4O2S/c1-4-14-15-6-5-9-23(15)10-11-24(14)17(25)8-7-16-21-19(26)18-12(2)13(3)27-20(18)22-16/h5-6,9,14H,4,7-8,10-11H2,1-3H3,(H,21,22,26)/t14-/m1/s1. The number of carbonyl (C=O) groups is 1. The monoisotopic (exact) mass is 384 g/mol. The number of fused-ring (bicyclic) bond motifs is 2. The average Bonchev–Trinajstić information content (AvgIpc) is 3.23. The second-order valence-corrected chi connectivity index (χ2v) is 8.32. The Bertz CT molecular complexity index is 1060. The fourth-order valence-corrected chi connectivity index (χ4v) is 5.03. The first-order valence-corrected chi connectivity index (χ1v) is 10.2. The zero-order valence-electron chi connectivity index (χ0n) is 15.9. The number of nitrogens with one attached hydrogen (secondary N) is 1. The van der Waals surface area contributed by atoms with Gasteiger partial charge in [-0.2, -0.15) is 0 Å². The number of hydrogen-bond donors (Lipinski definition) is 1. The fourth-order valence-electron chi connectivity index (χ4n) is 3.98. The lowest BCUT2D eigenvalue weighted by Gasteiger charge is -2.36. The highest BCUT2D eigenvalue weighted by atomic mass is 32.1. The van der Waals surface area contributed by atoms with Gasteiger partial charge in [-0.3, -0.25) is 9.59 Å². The van der Waals surface area contributed by atoms with Crippen LogP contribution in [0.3, 0.4) is 0 Å². The summed E-state index contributed by atoms with van der Waals surface area (Å²) in [6.45, 7) is 7.62. The summed E-state index contributed by atoms with van der Waals surface area (Å²) in [5.74, 6) is 0.714. The Kier molecular flexibility index (Phi) is 4.63. The minimum absolute atomic E-state index is 0.105. The Morgan fingerprint density at radius 3 is 2.96 bits per heavy atom. The summed E-state index contributed by atoms with van der Waals surface area (Å²) in [4.78, 5) is 36.6. The van der Waals surface area contributed by atoms with Crippen molar-refractivity contribution >= 4 is 27.5 Å². The summed E-state index contributed by atoms with van der Waals surface area (Å²) in [5.41, 5.74) is 2.09. The number of hydrogen-bond acceptors (Lipinski definition) is 4. The first-order chi connectivity index (χ1) is 13.0. The molecule has 0 fully saturated rings. The highest BCUT2D eigenvalue weighted by molar-refractivity contribution is 7.18. The molecule has 4 heterocycles. The van der Waals surface area contributed by atoms with Gasteiger partial charge in [0, 0.05) is 42.7 Å². The molecule has 0 saturated carbocycles. The summed E-state index contributed by atoms with van der Waals surface area (Å²) in [7, 11) is 0. The number of aromatic nitrogens is 3. The maximum absolute atomic E-state index is 12.9. The fraction of sp³-hybridized carbons (Fsp3) is 0.450. The molecule has 1 aliphatic heterocycles. The zero-order valence-corrected chi connectivity index (χ0v) is 16.7. The van der Waals surface area contributed by atoms with Gasteiger partial charge in [-0.25, -0.2) is 4.98 Å². The SMILES string of the molecule is CC[C@@H]1c2cccn2CCN1C(=O)CCc1nc2sc(C)c(C)c2c(=O)[nH]1. The van der Waals surface area contributed by atoms with Gasteiger partial charge < -0.3 is 14.5 Å². The van der Waals surface area contributed by atoms with E-state index in [1.807, 2.05) is 24.8 Å². The lowest BCUT2D eigenvalue weighted by atomic mass is 10.1. The van der Waals surface area contributed by atoms with Gasteiger partial charge in [0.15, 0.2) is 0 Å². The van der Waals surface area contributed by atoms with Gasteiger partial charge in [0.25, 0.3) is 5.56 Å². The highest BCUT2D eigenvalue weighted by Crippen LogP contribution is 2.29. The Labute approximate surface area is 161 Å². The van der Waals surface area contributed by atoms with E-state index in [2.05, 4.69) is 33.7 Å². The number of aryl methyl sites for hydroxylation is 3. The third kappa shape index (κ3) is 3.10. The van der Waals surface area contributed by atoms with Gasteiger partial charge in [0.2, 0.25) is 5.91 Å². The van der Waals surface area contributed by atoms with Crippen LogP contribution >= 0.6 is 11.3 Å². The van der Waals surface area contributed by atoms with E-state index in [1.165, 1.54) is 17.0 Å². The van der Waals surface area contributed by atoms with Crippen LogP contribution in [0.25, 0.3) is 10.2 Å². The smallest absolute Gasteiger partial charge is 0.259 e. The second-order valence-electron chi connectivity index (χ2n) is 7.11. The van der Waals surface area contributed by atoms with Crippen molar-refractivity contribution in [3.8, 4) is 0 Å². The van der Waals surface area contributed by atoms with Crippen LogP contribution in [0.5, 0.6) is 0 Å². The molecule has 0 unspecified atom stereocenters. The van der Waals surface area contributed by atoms with Crippen LogP contribution in [0.15, 0.2) is 23.1 Å². The molecule has 27 heavy (non-hydrogen) atoms. The highest BCUT2D eigenvalue weighted by Gasteiger charge is 2.29. The number of aromatic amines is 1. The van der Waals surface area contributed by atoms with Crippen molar-refractivity contribution in [1.29, 1.82) is 0 Å². The van der Waals surface area contributed by atoms with E-state index in [9.17, 15) is 9.59 Å². The van der Waals surface area contributed by atoms with Gasteiger partial charge in [0.05, 0.1) is 11.4 Å². The zero-order chi connectivity index (χ0) is 19.1. The minimum atomic E-state index is -0.105. The number of rotatable bonds is 4. The molecule has 6 nitrogen and oxygen atoms in total. The van der Waals surface area contributed by atoms with Crippen molar-refractivity contribution in [3.05, 3.63) is 50.6 Å². The molecule has 0 spiro atoms. The molecule has 3 aromatic heterocycles. The lowest BCUT2D eigenvalue weighted by molar-refractivity contribution is -0.134. The largest absolute Gasteiger partial charge is 0.348 e. The molecule has 0 saturated heterocycles. The summed E-state index contributed by atoms with van der Waals surface area (Å²) < 4.78 is 2.23. The van der Waals surface area contributed by atoms with E-state index >= 15 is 0 Å². The summed E-state index contributed by atoms with van der Waals surface area (Å²) in [6, 6.07) is 4.27. The molecule has 1 aliphatic rings. The molecular weight excluding hydrogens is 360 g/mol. The third-order valence-electron chi connectivity index (χ3n) is 5.53. The van der Waals surface area contributed by atoms with Crippen molar-refractivity contribution in [2.45, 2.75) is 52.6 Å². The van der Waals surface area contributed by atoms with Crippen molar-refractivity contribution in [2.75, 3.05) is 6.54 Å². The molecule has 1 atom stereocenters. The van der Waals surface area contributed by atoms with Crippen LogP contribution in [-0.4, -0.2) is 31.9 Å². The predicted octanol–water partition coefficient (Wildman–Crippen LogP) is 3.33. The molecule has 7 heteroatoms. The first-order valence-electron chi connectivity index (χ1n) is 9.43. The van der Waals surface area contributed by atoms with Crippen LogP contribution in [0.2, 0.25) is 0 Å². The molecule has 0 radical (unpaired) electrons. The predicted molar refractivity (Wildman–Crippen MR) is 107 cm³/mol. The van der Waals surface area contributed by atoms with Gasteiger partial charge in [0.1, 0.15) is 10.7 Å². The quantitative estimate of drug-likeness (QED) is 0.750. The van der Waals surface area contributed by atoms with Crippen molar-refractivity contribution in [2.24, 2.45) is 0 Å². The Hall–Kier alpha value is -2.41. The van der Waals surface area contributed by atoms with Crippen LogP contribution in [0.1, 0.15) is 47.8 Å². The second kappa shape index (κ2) is 6.96. The summed E-state index contributed by atoms with van der Waals surface area (Å²) in [5, 5.41) is 0.676. The van der Waals surface area contributed by atoms with Gasteiger partial charge in [-0.05, 0) is 38.0 Å². The topological polar surface area (TPSA) is 71.0 Å². The van der Waals surface area contributed by atoms with Crippen molar-refractivity contribution in [3.63, 3.8) is 0 Å². The van der Waals surface area contributed by atoms with E-state index in [1.54, 1.807) is 0 Å². The molecule has 1 N–H and O–H groups in total. The third-order valence-corrected chi connectivity index (χ3v) is 6.64. The maximum Gasteiger partial charge on any atom is 0.259 e. The average molecular weight is 385 g/mol. The van der Waals surface area contributed by atoms with Crippen LogP contribution in [-0.2, 0) is 17.8 Å². The van der Waals surface area contributed by atoms with Crippen molar-refractivity contribution < 1.29 is 4.79 Å². The number of H-pyrrole nitrogens is 1. The Morgan fingerprint density at radius 1 is 1.37 bits per heavy atom. The van der Waals surface area contributed by atoms with Crippen LogP contribution in [0, 0.1) is 13.8 Å². The number of amides is 1.